The van der Waals surface area contributed by atoms with Crippen molar-refractivity contribution < 1.29 is 0 Å². The van der Waals surface area contributed by atoms with Crippen LogP contribution >= 0.6 is 0 Å². The van der Waals surface area contributed by atoms with Crippen molar-refractivity contribution in [2.45, 2.75) is 0 Å². The zero-order valence-corrected chi connectivity index (χ0v) is 5.57. The van der Waals surface area contributed by atoms with E-state index in [0.717, 1.165) is 4.68 Å². The number of anilines is 1. The Morgan fingerprint density at radius 2 is 2.45 bits per heavy atom. The highest BCUT2D eigenvalue weighted by molar-refractivity contribution is 5.80. The molecule has 0 spiro atoms. The van der Waals surface area contributed by atoms with Crippen molar-refractivity contribution in [2.75, 3.05) is 5.73 Å². The van der Waals surface area contributed by atoms with E-state index in [0.29, 0.717) is 0 Å². The second-order valence-electron chi connectivity index (χ2n) is 1.85. The van der Waals surface area contributed by atoms with Crippen LogP contribution in [0.1, 0.15) is 5.56 Å². The molecule has 6 heteroatoms. The van der Waals surface area contributed by atoms with Crippen molar-refractivity contribution in [3.8, 4) is 6.07 Å². The van der Waals surface area contributed by atoms with E-state index >= 15 is 0 Å². The molecule has 0 saturated heterocycles. The number of nitrogen functional groups attached to an aromatic ring is 2. The van der Waals surface area contributed by atoms with Gasteiger partial charge in [0, 0.05) is 0 Å². The number of hydrogen-bond acceptors (Lipinski definition) is 4. The van der Waals surface area contributed by atoms with E-state index in [9.17, 15) is 0 Å². The first-order valence-corrected chi connectivity index (χ1v) is 2.75. The number of hydrogen-bond donors (Lipinski definition) is 3. The van der Waals surface area contributed by atoms with Crippen molar-refractivity contribution in [3.05, 3.63) is 11.8 Å². The minimum atomic E-state index is -0.302. The first-order valence-electron chi connectivity index (χ1n) is 2.75. The second kappa shape index (κ2) is 2.30. The smallest absolute Gasteiger partial charge is 0.215 e. The van der Waals surface area contributed by atoms with Crippen LogP contribution in [0.15, 0.2) is 6.20 Å². The highest BCUT2D eigenvalue weighted by atomic mass is 15.4. The molecule has 0 aliphatic carbocycles. The van der Waals surface area contributed by atoms with Gasteiger partial charge in [-0.1, -0.05) is 0 Å². The van der Waals surface area contributed by atoms with Gasteiger partial charge >= 0.3 is 0 Å². The summed E-state index contributed by atoms with van der Waals surface area (Å²) in [6.45, 7) is 0. The average Bonchev–Trinajstić information content (AvgIpc) is 2.30. The summed E-state index contributed by atoms with van der Waals surface area (Å²) in [6.07, 6.45) is 1.26. The van der Waals surface area contributed by atoms with Gasteiger partial charge in [0.1, 0.15) is 17.5 Å². The summed E-state index contributed by atoms with van der Waals surface area (Å²) in [4.78, 5) is 0. The minimum absolute atomic E-state index is 0.0972. The van der Waals surface area contributed by atoms with Crippen molar-refractivity contribution >= 4 is 11.8 Å². The number of aromatic nitrogens is 2. The largest absolute Gasteiger partial charge is 0.382 e. The summed E-state index contributed by atoms with van der Waals surface area (Å²) in [5.74, 6) is -0.205. The van der Waals surface area contributed by atoms with Crippen LogP contribution in [-0.2, 0) is 0 Å². The minimum Gasteiger partial charge on any atom is -0.382 e. The lowest BCUT2D eigenvalue weighted by Gasteiger charge is -1.97. The highest BCUT2D eigenvalue weighted by Gasteiger charge is 2.06. The summed E-state index contributed by atoms with van der Waals surface area (Å²) in [6, 6.07) is 1.81. The third-order valence-corrected chi connectivity index (χ3v) is 1.16. The van der Waals surface area contributed by atoms with E-state index in [2.05, 4.69) is 5.10 Å². The Hall–Kier alpha value is -2.03. The summed E-state index contributed by atoms with van der Waals surface area (Å²) >= 11 is 0. The second-order valence-corrected chi connectivity index (χ2v) is 1.85. The molecular weight excluding hydrogens is 144 g/mol. The van der Waals surface area contributed by atoms with Gasteiger partial charge in [-0.25, -0.2) is 0 Å². The van der Waals surface area contributed by atoms with Crippen LogP contribution in [0, 0.1) is 16.7 Å². The maximum Gasteiger partial charge on any atom is 0.215 e. The van der Waals surface area contributed by atoms with Gasteiger partial charge in [0.15, 0.2) is 0 Å². The zero-order chi connectivity index (χ0) is 8.43. The molecule has 1 rings (SSSR count). The Bertz CT molecular complexity index is 329. The normalized spacial score (nSPS) is 9.00. The maximum absolute atomic E-state index is 8.42. The molecule has 0 aromatic carbocycles. The van der Waals surface area contributed by atoms with Crippen molar-refractivity contribution in [3.63, 3.8) is 0 Å². The van der Waals surface area contributed by atoms with Gasteiger partial charge < -0.3 is 11.5 Å². The topological polar surface area (TPSA) is 118 Å². The molecule has 1 aromatic heterocycles. The molecule has 0 atom stereocenters. The van der Waals surface area contributed by atoms with E-state index in [-0.39, 0.29) is 17.3 Å². The van der Waals surface area contributed by atoms with Gasteiger partial charge in [-0.3, -0.25) is 5.41 Å². The molecule has 0 aliphatic heterocycles. The number of nitrogens with two attached hydrogens (primary N) is 2. The number of nitrogens with one attached hydrogen (secondary N) is 1. The van der Waals surface area contributed by atoms with Crippen LogP contribution in [0.25, 0.3) is 0 Å². The van der Waals surface area contributed by atoms with Crippen LogP contribution in [0.2, 0.25) is 0 Å². The fourth-order valence-electron chi connectivity index (χ4n) is 0.636. The molecule has 56 valence electrons. The quantitative estimate of drug-likeness (QED) is 0.327. The number of nitriles is 1. The molecule has 6 nitrogen and oxygen atoms in total. The van der Waals surface area contributed by atoms with Crippen LogP contribution in [-0.4, -0.2) is 15.7 Å². The molecule has 0 unspecified atom stereocenters. The Balaban J connectivity index is 3.24. The van der Waals surface area contributed by atoms with E-state index in [4.69, 9.17) is 22.1 Å². The van der Waals surface area contributed by atoms with Crippen molar-refractivity contribution in [2.24, 2.45) is 5.73 Å². The fourth-order valence-corrected chi connectivity index (χ4v) is 0.636. The molecular formula is C5H6N6. The summed E-state index contributed by atoms with van der Waals surface area (Å²) in [5, 5.41) is 19.0. The molecule has 0 amide bonds. The predicted molar refractivity (Wildman–Crippen MR) is 38.7 cm³/mol. The summed E-state index contributed by atoms with van der Waals surface area (Å²) < 4.78 is 0.985. The molecule has 1 aromatic rings. The van der Waals surface area contributed by atoms with Crippen molar-refractivity contribution in [1.82, 2.24) is 9.78 Å². The molecule has 0 aliphatic rings. The van der Waals surface area contributed by atoms with E-state index < -0.39 is 0 Å². The number of rotatable bonds is 0. The molecule has 0 bridgehead atoms. The Labute approximate surface area is 62.5 Å². The third kappa shape index (κ3) is 0.986. The molecule has 0 saturated carbocycles. The zero-order valence-electron chi connectivity index (χ0n) is 5.57. The highest BCUT2D eigenvalue weighted by Crippen LogP contribution is 2.06. The standard InChI is InChI=1S/C5H6N6/c6-1-3-2-10-11(4(3)7)5(8)9/h2H,7H2,(H3,8,9). The third-order valence-electron chi connectivity index (χ3n) is 1.16. The van der Waals surface area contributed by atoms with E-state index in [1.54, 1.807) is 0 Å². The lowest BCUT2D eigenvalue weighted by molar-refractivity contribution is 0.922. The van der Waals surface area contributed by atoms with E-state index in [1.807, 2.05) is 6.07 Å². The SMILES string of the molecule is N#Cc1cnn(C(=N)N)c1N. The van der Waals surface area contributed by atoms with Crippen LogP contribution < -0.4 is 11.5 Å². The summed E-state index contributed by atoms with van der Waals surface area (Å²) in [7, 11) is 0. The lowest BCUT2D eigenvalue weighted by atomic mass is 10.4. The van der Waals surface area contributed by atoms with Crippen molar-refractivity contribution in [1.29, 1.82) is 10.7 Å². The van der Waals surface area contributed by atoms with Crippen LogP contribution in [0.4, 0.5) is 5.82 Å². The van der Waals surface area contributed by atoms with Crippen LogP contribution in [0.3, 0.4) is 0 Å². The Kier molecular flexibility index (Phi) is 1.48. The Morgan fingerprint density at radius 3 is 2.73 bits per heavy atom. The van der Waals surface area contributed by atoms with Gasteiger partial charge in [0.25, 0.3) is 0 Å². The molecule has 1 heterocycles. The van der Waals surface area contributed by atoms with Gasteiger partial charge in [0.2, 0.25) is 5.96 Å². The van der Waals surface area contributed by atoms with Gasteiger partial charge in [-0.2, -0.15) is 15.0 Å². The maximum atomic E-state index is 8.42. The van der Waals surface area contributed by atoms with Gasteiger partial charge in [0.05, 0.1) is 6.20 Å². The molecule has 11 heavy (non-hydrogen) atoms. The molecule has 5 N–H and O–H groups in total. The number of nitrogens with zero attached hydrogens (tertiary/aromatic N) is 3. The fraction of sp³-hybridized carbons (Fsp3) is 0. The van der Waals surface area contributed by atoms with Gasteiger partial charge in [-0.05, 0) is 0 Å². The monoisotopic (exact) mass is 150 g/mol. The Morgan fingerprint density at radius 1 is 1.82 bits per heavy atom. The summed E-state index contributed by atoms with van der Waals surface area (Å²) in [5.41, 5.74) is 10.7. The average molecular weight is 150 g/mol. The van der Waals surface area contributed by atoms with E-state index in [1.165, 1.54) is 6.20 Å². The first kappa shape index (κ1) is 7.08. The first-order chi connectivity index (χ1) is 5.16. The predicted octanol–water partition coefficient (Wildman–Crippen LogP) is -0.921. The van der Waals surface area contributed by atoms with Gasteiger partial charge in [-0.15, -0.1) is 0 Å². The molecule has 0 fully saturated rings. The lowest BCUT2D eigenvalue weighted by Crippen LogP contribution is -2.23. The van der Waals surface area contributed by atoms with Crippen LogP contribution in [0.5, 0.6) is 0 Å². The molecule has 0 radical (unpaired) electrons.